The maximum absolute atomic E-state index is 10.8. The van der Waals surface area contributed by atoms with E-state index in [0.717, 1.165) is 36.3 Å². The highest BCUT2D eigenvalue weighted by Gasteiger charge is 2.41. The van der Waals surface area contributed by atoms with Gasteiger partial charge in [-0.15, -0.1) is 0 Å². The van der Waals surface area contributed by atoms with Crippen molar-refractivity contribution in [1.82, 2.24) is 0 Å². The molecule has 4 nitrogen and oxygen atoms in total. The number of benzene rings is 1. The minimum atomic E-state index is -0.387. The zero-order chi connectivity index (χ0) is 13.5. The van der Waals surface area contributed by atoms with Crippen molar-refractivity contribution in [3.63, 3.8) is 0 Å². The van der Waals surface area contributed by atoms with Gasteiger partial charge in [-0.3, -0.25) is 0 Å². The monoisotopic (exact) mass is 259 g/mol. The fourth-order valence-corrected chi connectivity index (χ4v) is 2.88. The highest BCUT2D eigenvalue weighted by atomic mass is 16.7. The lowest BCUT2D eigenvalue weighted by Crippen LogP contribution is -2.33. The third kappa shape index (κ3) is 1.83. The van der Waals surface area contributed by atoms with Gasteiger partial charge in [0, 0.05) is 0 Å². The van der Waals surface area contributed by atoms with E-state index in [-0.39, 0.29) is 12.3 Å². The van der Waals surface area contributed by atoms with Gasteiger partial charge in [0.25, 0.3) is 0 Å². The van der Waals surface area contributed by atoms with Crippen LogP contribution in [0.1, 0.15) is 50.2 Å². The molecule has 100 valence electrons. The molecule has 1 aliphatic heterocycles. The van der Waals surface area contributed by atoms with Crippen LogP contribution in [0.25, 0.3) is 0 Å². The maximum Gasteiger partial charge on any atom is 0.235 e. The fraction of sp³-hybridized carbons (Fsp3) is 0.533. The summed E-state index contributed by atoms with van der Waals surface area (Å²) in [6.07, 6.45) is 4.65. The van der Waals surface area contributed by atoms with Gasteiger partial charge in [-0.2, -0.15) is 4.99 Å². The van der Waals surface area contributed by atoms with Gasteiger partial charge in [-0.05, 0) is 48.4 Å². The molecule has 0 aromatic heterocycles. The second-order valence-corrected chi connectivity index (χ2v) is 5.54. The van der Waals surface area contributed by atoms with E-state index in [4.69, 9.17) is 9.47 Å². The molecule has 0 amide bonds. The predicted molar refractivity (Wildman–Crippen MR) is 70.3 cm³/mol. The molecule has 0 radical (unpaired) electrons. The topological polar surface area (TPSA) is 47.9 Å². The molecule has 0 bridgehead atoms. The zero-order valence-corrected chi connectivity index (χ0v) is 11.2. The number of nitrogens with zero attached hydrogens (tertiary/aromatic N) is 1. The van der Waals surface area contributed by atoms with E-state index < -0.39 is 0 Å². The van der Waals surface area contributed by atoms with Crippen molar-refractivity contribution in [3.05, 3.63) is 23.3 Å². The predicted octanol–water partition coefficient (Wildman–Crippen LogP) is 3.25. The largest absolute Gasteiger partial charge is 0.454 e. The SMILES string of the molecule is CC(C)c1cc2c(cc1C1(N=C=O)CCC1)OCO2. The number of rotatable bonds is 3. The fourth-order valence-electron chi connectivity index (χ4n) is 2.88. The molecular formula is C15H17NO3. The first-order valence-corrected chi connectivity index (χ1v) is 6.69. The van der Waals surface area contributed by atoms with Crippen LogP contribution in [-0.4, -0.2) is 12.9 Å². The van der Waals surface area contributed by atoms with Crippen LogP contribution in [0.15, 0.2) is 17.1 Å². The summed E-state index contributed by atoms with van der Waals surface area (Å²) in [6, 6.07) is 4.03. The van der Waals surface area contributed by atoms with Gasteiger partial charge in [0.1, 0.15) is 0 Å². The number of ether oxygens (including phenoxy) is 2. The first kappa shape index (κ1) is 12.2. The average molecular weight is 259 g/mol. The van der Waals surface area contributed by atoms with Crippen LogP contribution in [0.2, 0.25) is 0 Å². The zero-order valence-electron chi connectivity index (χ0n) is 11.2. The van der Waals surface area contributed by atoms with Gasteiger partial charge in [-0.25, -0.2) is 4.79 Å². The van der Waals surface area contributed by atoms with Gasteiger partial charge in [-0.1, -0.05) is 13.8 Å². The first-order chi connectivity index (χ1) is 9.16. The summed E-state index contributed by atoms with van der Waals surface area (Å²) in [5, 5.41) is 0. The highest BCUT2D eigenvalue weighted by molar-refractivity contribution is 5.53. The summed E-state index contributed by atoms with van der Waals surface area (Å²) >= 11 is 0. The van der Waals surface area contributed by atoms with Crippen molar-refractivity contribution in [2.75, 3.05) is 6.79 Å². The summed E-state index contributed by atoms with van der Waals surface area (Å²) in [5.41, 5.74) is 1.90. The van der Waals surface area contributed by atoms with Crippen LogP contribution >= 0.6 is 0 Å². The molecule has 0 atom stereocenters. The van der Waals surface area contributed by atoms with E-state index in [1.165, 1.54) is 5.56 Å². The quantitative estimate of drug-likeness (QED) is 0.618. The van der Waals surface area contributed by atoms with E-state index in [2.05, 4.69) is 18.8 Å². The lowest BCUT2D eigenvalue weighted by Gasteiger charge is -2.39. The van der Waals surface area contributed by atoms with Crippen molar-refractivity contribution in [1.29, 1.82) is 0 Å². The molecule has 1 aromatic rings. The van der Waals surface area contributed by atoms with E-state index in [0.29, 0.717) is 5.92 Å². The van der Waals surface area contributed by atoms with Gasteiger partial charge < -0.3 is 9.47 Å². The molecule has 0 spiro atoms. The molecule has 1 aliphatic carbocycles. The molecule has 2 aliphatic rings. The Balaban J connectivity index is 2.16. The average Bonchev–Trinajstić information content (AvgIpc) is 2.79. The normalized spacial score (nSPS) is 18.9. The smallest absolute Gasteiger partial charge is 0.235 e. The van der Waals surface area contributed by atoms with E-state index in [9.17, 15) is 4.79 Å². The Kier molecular flexibility index (Phi) is 2.83. The molecule has 0 saturated heterocycles. The van der Waals surface area contributed by atoms with Gasteiger partial charge in [0.15, 0.2) is 11.5 Å². The minimum absolute atomic E-state index is 0.264. The van der Waals surface area contributed by atoms with Gasteiger partial charge in [0.05, 0.1) is 5.54 Å². The third-order valence-corrected chi connectivity index (χ3v) is 4.11. The van der Waals surface area contributed by atoms with E-state index >= 15 is 0 Å². The molecule has 1 saturated carbocycles. The van der Waals surface area contributed by atoms with Crippen LogP contribution in [0.5, 0.6) is 11.5 Å². The first-order valence-electron chi connectivity index (χ1n) is 6.69. The molecule has 3 rings (SSSR count). The Bertz CT molecular complexity index is 555. The Hall–Kier alpha value is -1.80. The number of fused-ring (bicyclic) bond motifs is 1. The number of hydrogen-bond donors (Lipinski definition) is 0. The summed E-state index contributed by atoms with van der Waals surface area (Å²) in [7, 11) is 0. The van der Waals surface area contributed by atoms with Crippen LogP contribution < -0.4 is 9.47 Å². The summed E-state index contributed by atoms with van der Waals surface area (Å²) in [6.45, 7) is 4.54. The van der Waals surface area contributed by atoms with E-state index in [1.54, 1.807) is 6.08 Å². The maximum atomic E-state index is 10.8. The summed E-state index contributed by atoms with van der Waals surface area (Å²) in [4.78, 5) is 14.9. The minimum Gasteiger partial charge on any atom is -0.454 e. The highest BCUT2D eigenvalue weighted by Crippen LogP contribution is 2.50. The Labute approximate surface area is 112 Å². The molecule has 1 aromatic carbocycles. The Morgan fingerprint density at radius 2 is 1.95 bits per heavy atom. The van der Waals surface area contributed by atoms with E-state index in [1.807, 2.05) is 12.1 Å². The van der Waals surface area contributed by atoms with Crippen molar-refractivity contribution >= 4 is 6.08 Å². The number of aliphatic imine (C=N–C) groups is 1. The lowest BCUT2D eigenvalue weighted by atomic mass is 9.69. The second-order valence-electron chi connectivity index (χ2n) is 5.54. The molecule has 19 heavy (non-hydrogen) atoms. The van der Waals surface area contributed by atoms with Crippen LogP contribution in [0.4, 0.5) is 0 Å². The number of carbonyl (C=O) groups excluding carboxylic acids is 1. The van der Waals surface area contributed by atoms with Crippen molar-refractivity contribution in [2.24, 2.45) is 4.99 Å². The van der Waals surface area contributed by atoms with Gasteiger partial charge in [0.2, 0.25) is 12.9 Å². The number of hydrogen-bond acceptors (Lipinski definition) is 4. The van der Waals surface area contributed by atoms with Crippen LogP contribution in [-0.2, 0) is 10.3 Å². The summed E-state index contributed by atoms with van der Waals surface area (Å²) in [5.74, 6) is 1.90. The molecular weight excluding hydrogens is 242 g/mol. The molecule has 1 fully saturated rings. The second kappa shape index (κ2) is 4.39. The molecule has 4 heteroatoms. The number of isocyanates is 1. The Morgan fingerprint density at radius 3 is 2.47 bits per heavy atom. The van der Waals surface area contributed by atoms with Crippen molar-refractivity contribution < 1.29 is 14.3 Å². The summed E-state index contributed by atoms with van der Waals surface area (Å²) < 4.78 is 10.9. The Morgan fingerprint density at radius 1 is 1.26 bits per heavy atom. The van der Waals surface area contributed by atoms with Crippen LogP contribution in [0, 0.1) is 0 Å². The lowest BCUT2D eigenvalue weighted by molar-refractivity contribution is 0.173. The van der Waals surface area contributed by atoms with Gasteiger partial charge >= 0.3 is 0 Å². The van der Waals surface area contributed by atoms with Crippen LogP contribution in [0.3, 0.4) is 0 Å². The molecule has 0 N–H and O–H groups in total. The molecule has 0 unspecified atom stereocenters. The van der Waals surface area contributed by atoms with Crippen molar-refractivity contribution in [3.8, 4) is 11.5 Å². The van der Waals surface area contributed by atoms with Crippen molar-refractivity contribution in [2.45, 2.75) is 44.6 Å². The molecule has 1 heterocycles. The standard InChI is InChI=1S/C15H17NO3/c1-10(2)11-6-13-14(19-9-18-13)7-12(11)15(16-8-17)4-3-5-15/h6-7,10H,3-5,9H2,1-2H3. The third-order valence-electron chi connectivity index (χ3n) is 4.11.